The van der Waals surface area contributed by atoms with Crippen LogP contribution in [0.15, 0.2) is 0 Å². The minimum Gasteiger partial charge on any atom is -0.320 e. The van der Waals surface area contributed by atoms with E-state index in [1.165, 1.54) is 4.31 Å². The number of hydrogen-bond donors (Lipinski definition) is 2. The molecule has 0 aromatic heterocycles. The summed E-state index contributed by atoms with van der Waals surface area (Å²) in [5.41, 5.74) is 0. The molecule has 0 amide bonds. The van der Waals surface area contributed by atoms with Crippen molar-refractivity contribution in [1.82, 2.24) is 14.3 Å². The van der Waals surface area contributed by atoms with E-state index >= 15 is 0 Å². The average molecular weight is 237 g/mol. The van der Waals surface area contributed by atoms with Gasteiger partial charge in [-0.2, -0.15) is 12.7 Å². The first-order chi connectivity index (χ1) is 7.04. The lowest BCUT2D eigenvalue weighted by molar-refractivity contribution is 0.447. The Morgan fingerprint density at radius 3 is 2.40 bits per heavy atom. The van der Waals surface area contributed by atoms with Gasteiger partial charge in [-0.25, -0.2) is 4.72 Å². The smallest absolute Gasteiger partial charge is 0.279 e. The molecule has 0 aromatic carbocycles. The van der Waals surface area contributed by atoms with E-state index in [1.54, 1.807) is 7.05 Å². The molecule has 0 atom stereocenters. The van der Waals surface area contributed by atoms with Crippen molar-refractivity contribution < 1.29 is 8.42 Å². The first-order valence-corrected chi connectivity index (χ1v) is 6.84. The van der Waals surface area contributed by atoms with Crippen molar-refractivity contribution in [3.63, 3.8) is 0 Å². The average Bonchev–Trinajstić information content (AvgIpc) is 2.18. The second-order valence-corrected chi connectivity index (χ2v) is 5.39. The highest BCUT2D eigenvalue weighted by molar-refractivity contribution is 7.87. The molecule has 0 spiro atoms. The Hall–Kier alpha value is -0.170. The van der Waals surface area contributed by atoms with E-state index in [1.807, 2.05) is 14.0 Å². The molecule has 0 heterocycles. The summed E-state index contributed by atoms with van der Waals surface area (Å²) in [5, 5.41) is 2.98. The second-order valence-electron chi connectivity index (χ2n) is 3.53. The van der Waals surface area contributed by atoms with Crippen molar-refractivity contribution in [3.8, 4) is 0 Å². The van der Waals surface area contributed by atoms with Crippen molar-refractivity contribution in [1.29, 1.82) is 0 Å². The molecule has 5 nitrogen and oxygen atoms in total. The number of hydrogen-bond acceptors (Lipinski definition) is 3. The Morgan fingerprint density at radius 2 is 1.87 bits per heavy atom. The lowest BCUT2D eigenvalue weighted by Gasteiger charge is -2.17. The molecule has 92 valence electrons. The SMILES string of the molecule is CCCCNS(=O)(=O)N(C)CCCNC. The Labute approximate surface area is 93.4 Å². The zero-order valence-electron chi connectivity index (χ0n) is 9.91. The van der Waals surface area contributed by atoms with Crippen LogP contribution in [-0.2, 0) is 10.2 Å². The lowest BCUT2D eigenvalue weighted by atomic mass is 10.3. The maximum absolute atomic E-state index is 11.6. The molecule has 0 saturated heterocycles. The van der Waals surface area contributed by atoms with E-state index in [2.05, 4.69) is 10.0 Å². The van der Waals surface area contributed by atoms with Crippen LogP contribution in [0.5, 0.6) is 0 Å². The van der Waals surface area contributed by atoms with E-state index < -0.39 is 10.2 Å². The molecule has 6 heteroatoms. The monoisotopic (exact) mass is 237 g/mol. The minimum absolute atomic E-state index is 0.523. The lowest BCUT2D eigenvalue weighted by Crippen LogP contribution is -2.39. The van der Waals surface area contributed by atoms with Crippen LogP contribution in [0.3, 0.4) is 0 Å². The first-order valence-electron chi connectivity index (χ1n) is 5.40. The zero-order valence-corrected chi connectivity index (χ0v) is 10.7. The summed E-state index contributed by atoms with van der Waals surface area (Å²) in [6.07, 6.45) is 2.69. The Kier molecular flexibility index (Phi) is 7.95. The van der Waals surface area contributed by atoms with Crippen LogP contribution in [0.2, 0.25) is 0 Å². The van der Waals surface area contributed by atoms with Crippen LogP contribution in [0.1, 0.15) is 26.2 Å². The molecule has 0 rings (SSSR count). The second kappa shape index (κ2) is 8.04. The predicted octanol–water partition coefficient (Wildman–Crippen LogP) is 0.162. The van der Waals surface area contributed by atoms with Gasteiger partial charge in [0.1, 0.15) is 0 Å². The molecule has 0 radical (unpaired) electrons. The normalized spacial score (nSPS) is 12.3. The highest BCUT2D eigenvalue weighted by Gasteiger charge is 2.15. The molecule has 0 saturated carbocycles. The van der Waals surface area contributed by atoms with E-state index in [4.69, 9.17) is 0 Å². The third-order valence-electron chi connectivity index (χ3n) is 2.12. The van der Waals surface area contributed by atoms with Gasteiger partial charge in [-0.1, -0.05) is 13.3 Å². The van der Waals surface area contributed by atoms with Crippen molar-refractivity contribution >= 4 is 10.2 Å². The molecular formula is C9H23N3O2S. The van der Waals surface area contributed by atoms with Crippen LogP contribution in [0.25, 0.3) is 0 Å². The van der Waals surface area contributed by atoms with Gasteiger partial charge in [0, 0.05) is 20.1 Å². The Morgan fingerprint density at radius 1 is 1.20 bits per heavy atom. The number of rotatable bonds is 9. The van der Waals surface area contributed by atoms with Crippen molar-refractivity contribution in [2.45, 2.75) is 26.2 Å². The van der Waals surface area contributed by atoms with Gasteiger partial charge in [0.15, 0.2) is 0 Å². The van der Waals surface area contributed by atoms with Gasteiger partial charge in [0.05, 0.1) is 0 Å². The van der Waals surface area contributed by atoms with Gasteiger partial charge in [0.2, 0.25) is 0 Å². The fourth-order valence-electron chi connectivity index (χ4n) is 1.09. The van der Waals surface area contributed by atoms with E-state index in [9.17, 15) is 8.42 Å². The maximum Gasteiger partial charge on any atom is 0.279 e. The standard InChI is InChI=1S/C9H23N3O2S/c1-4-5-8-11-15(13,14)12(3)9-6-7-10-2/h10-11H,4-9H2,1-3H3. The summed E-state index contributed by atoms with van der Waals surface area (Å²) in [5.74, 6) is 0. The number of nitrogens with one attached hydrogen (secondary N) is 2. The molecule has 0 aliphatic heterocycles. The maximum atomic E-state index is 11.6. The number of nitrogens with zero attached hydrogens (tertiary/aromatic N) is 1. The van der Waals surface area contributed by atoms with Crippen LogP contribution in [0.4, 0.5) is 0 Å². The van der Waals surface area contributed by atoms with Crippen molar-refractivity contribution in [2.75, 3.05) is 33.7 Å². The van der Waals surface area contributed by atoms with Crippen molar-refractivity contribution in [3.05, 3.63) is 0 Å². The van der Waals surface area contributed by atoms with E-state index in [0.717, 1.165) is 25.8 Å². The number of unbranched alkanes of at least 4 members (excludes halogenated alkanes) is 1. The largest absolute Gasteiger partial charge is 0.320 e. The minimum atomic E-state index is -3.26. The van der Waals surface area contributed by atoms with Crippen LogP contribution < -0.4 is 10.0 Å². The van der Waals surface area contributed by atoms with Gasteiger partial charge in [0.25, 0.3) is 10.2 Å². The summed E-state index contributed by atoms with van der Waals surface area (Å²) < 4.78 is 27.1. The molecule has 0 aromatic rings. The third-order valence-corrected chi connectivity index (χ3v) is 3.70. The fraction of sp³-hybridized carbons (Fsp3) is 1.00. The molecule has 0 bridgehead atoms. The molecule has 15 heavy (non-hydrogen) atoms. The summed E-state index contributed by atoms with van der Waals surface area (Å²) in [6.45, 7) is 3.93. The molecule has 0 fully saturated rings. The summed E-state index contributed by atoms with van der Waals surface area (Å²) >= 11 is 0. The predicted molar refractivity (Wildman–Crippen MR) is 63.0 cm³/mol. The third kappa shape index (κ3) is 6.83. The topological polar surface area (TPSA) is 61.4 Å². The van der Waals surface area contributed by atoms with E-state index in [0.29, 0.717) is 13.1 Å². The Balaban J connectivity index is 3.86. The molecule has 2 N–H and O–H groups in total. The quantitative estimate of drug-likeness (QED) is 0.562. The van der Waals surface area contributed by atoms with Crippen molar-refractivity contribution in [2.24, 2.45) is 0 Å². The van der Waals surface area contributed by atoms with Gasteiger partial charge >= 0.3 is 0 Å². The fourth-order valence-corrected chi connectivity index (χ4v) is 2.08. The molecular weight excluding hydrogens is 214 g/mol. The van der Waals surface area contributed by atoms with Crippen LogP contribution >= 0.6 is 0 Å². The van der Waals surface area contributed by atoms with Crippen LogP contribution in [0, 0.1) is 0 Å². The first kappa shape index (κ1) is 14.8. The zero-order chi connectivity index (χ0) is 11.7. The molecule has 0 aliphatic rings. The highest BCUT2D eigenvalue weighted by atomic mass is 32.2. The van der Waals surface area contributed by atoms with E-state index in [-0.39, 0.29) is 0 Å². The highest BCUT2D eigenvalue weighted by Crippen LogP contribution is 1.96. The Bertz CT molecular complexity index is 242. The molecule has 0 aliphatic carbocycles. The van der Waals surface area contributed by atoms with Gasteiger partial charge < -0.3 is 5.32 Å². The van der Waals surface area contributed by atoms with Gasteiger partial charge in [-0.3, -0.25) is 0 Å². The van der Waals surface area contributed by atoms with Crippen LogP contribution in [-0.4, -0.2) is 46.5 Å². The summed E-state index contributed by atoms with van der Waals surface area (Å²) in [7, 11) is 0.199. The summed E-state index contributed by atoms with van der Waals surface area (Å²) in [4.78, 5) is 0. The van der Waals surface area contributed by atoms with Gasteiger partial charge in [-0.05, 0) is 26.4 Å². The van der Waals surface area contributed by atoms with Gasteiger partial charge in [-0.15, -0.1) is 0 Å². The molecule has 0 unspecified atom stereocenters. The summed E-state index contributed by atoms with van der Waals surface area (Å²) in [6, 6.07) is 0.